The van der Waals surface area contributed by atoms with Crippen LogP contribution in [0.1, 0.15) is 57.9 Å². The molecule has 2 saturated heterocycles. The van der Waals surface area contributed by atoms with Gasteiger partial charge < -0.3 is 19.3 Å². The zero-order chi connectivity index (χ0) is 22.0. The Labute approximate surface area is 189 Å². The minimum atomic E-state index is 0.0840. The van der Waals surface area contributed by atoms with Crippen molar-refractivity contribution in [2.75, 3.05) is 29.4 Å². The Morgan fingerprint density at radius 2 is 2.03 bits per heavy atom. The second-order valence-corrected chi connectivity index (χ2v) is 9.28. The second-order valence-electron chi connectivity index (χ2n) is 8.88. The van der Waals surface area contributed by atoms with Crippen LogP contribution in [-0.4, -0.2) is 47.5 Å². The lowest BCUT2D eigenvalue weighted by molar-refractivity contribution is -0.117. The smallest absolute Gasteiger partial charge is 0.227 e. The number of benzene rings is 1. The van der Waals surface area contributed by atoms with E-state index in [9.17, 15) is 4.79 Å². The van der Waals surface area contributed by atoms with Crippen LogP contribution >= 0.6 is 11.6 Å². The van der Waals surface area contributed by atoms with Gasteiger partial charge >= 0.3 is 0 Å². The number of anilines is 2. The Morgan fingerprint density at radius 3 is 2.71 bits per heavy atom. The van der Waals surface area contributed by atoms with E-state index < -0.39 is 0 Å². The third-order valence-corrected chi connectivity index (χ3v) is 6.58. The normalized spacial score (nSPS) is 22.1. The third-order valence-electron chi connectivity index (χ3n) is 6.31. The summed E-state index contributed by atoms with van der Waals surface area (Å²) in [6.45, 7) is 8.52. The van der Waals surface area contributed by atoms with Crippen molar-refractivity contribution in [2.45, 2.75) is 64.5 Å². The fourth-order valence-corrected chi connectivity index (χ4v) is 4.78. The van der Waals surface area contributed by atoms with E-state index in [0.29, 0.717) is 17.5 Å². The number of nitrogens with zero attached hydrogens (tertiary/aromatic N) is 4. The van der Waals surface area contributed by atoms with Crippen LogP contribution < -0.4 is 14.5 Å². The Morgan fingerprint density at radius 1 is 1.26 bits per heavy atom. The van der Waals surface area contributed by atoms with Crippen LogP contribution in [0.4, 0.5) is 11.8 Å². The van der Waals surface area contributed by atoms with Gasteiger partial charge in [0.25, 0.3) is 0 Å². The summed E-state index contributed by atoms with van der Waals surface area (Å²) < 4.78 is 6.22. The SMILES string of the molecule is CC(=O)C[C@@H](C)c1ccc(O[C@@H]2CCN(c3nc(N4CCC[C@H]4C)ncc3Cl)C2)cc1. The zero-order valence-corrected chi connectivity index (χ0v) is 19.3. The van der Waals surface area contributed by atoms with Gasteiger partial charge in [-0.05, 0) is 50.3 Å². The highest BCUT2D eigenvalue weighted by molar-refractivity contribution is 6.32. The number of aromatic nitrogens is 2. The van der Waals surface area contributed by atoms with E-state index in [1.54, 1.807) is 13.1 Å². The van der Waals surface area contributed by atoms with Crippen molar-refractivity contribution in [3.63, 3.8) is 0 Å². The standard InChI is InChI=1S/C24H31ClN4O2/c1-16(13-18(3)30)19-6-8-20(9-7-19)31-21-10-12-28(15-21)23-22(25)14-26-24(27-23)29-11-4-5-17(29)2/h6-9,14,16-17,21H,4-5,10-13,15H2,1-3H3/t16-,17-,21-/m1/s1. The molecule has 2 aliphatic rings. The van der Waals surface area contributed by atoms with E-state index in [1.165, 1.54) is 12.8 Å². The Balaban J connectivity index is 1.39. The van der Waals surface area contributed by atoms with Crippen LogP contribution in [0.25, 0.3) is 0 Å². The van der Waals surface area contributed by atoms with E-state index in [4.69, 9.17) is 21.3 Å². The lowest BCUT2D eigenvalue weighted by atomic mass is 9.96. The minimum Gasteiger partial charge on any atom is -0.489 e. The van der Waals surface area contributed by atoms with Gasteiger partial charge in [0, 0.05) is 32.0 Å². The minimum absolute atomic E-state index is 0.0840. The lowest BCUT2D eigenvalue weighted by Gasteiger charge is -2.24. The van der Waals surface area contributed by atoms with E-state index in [1.807, 2.05) is 12.1 Å². The molecule has 3 atom stereocenters. The highest BCUT2D eigenvalue weighted by Gasteiger charge is 2.29. The molecule has 0 saturated carbocycles. The molecule has 0 amide bonds. The first kappa shape index (κ1) is 21.9. The van der Waals surface area contributed by atoms with Gasteiger partial charge in [-0.3, -0.25) is 0 Å². The number of halogens is 1. The summed E-state index contributed by atoms with van der Waals surface area (Å²) in [7, 11) is 0. The molecule has 1 aromatic carbocycles. The van der Waals surface area contributed by atoms with Crippen molar-refractivity contribution >= 4 is 29.2 Å². The summed E-state index contributed by atoms with van der Waals surface area (Å²) in [5.41, 5.74) is 1.16. The zero-order valence-electron chi connectivity index (χ0n) is 18.6. The molecule has 7 heteroatoms. The van der Waals surface area contributed by atoms with Crippen molar-refractivity contribution in [1.29, 1.82) is 0 Å². The average molecular weight is 443 g/mol. The van der Waals surface area contributed by atoms with E-state index in [-0.39, 0.29) is 17.8 Å². The van der Waals surface area contributed by atoms with Gasteiger partial charge in [-0.15, -0.1) is 0 Å². The molecule has 0 unspecified atom stereocenters. The second kappa shape index (κ2) is 9.43. The quantitative estimate of drug-likeness (QED) is 0.610. The molecule has 0 N–H and O–H groups in total. The fourth-order valence-electron chi connectivity index (χ4n) is 4.57. The maximum absolute atomic E-state index is 11.4. The molecular weight excluding hydrogens is 412 g/mol. The molecule has 3 heterocycles. The van der Waals surface area contributed by atoms with Crippen LogP contribution in [0.5, 0.6) is 5.75 Å². The van der Waals surface area contributed by atoms with Crippen LogP contribution in [0.2, 0.25) is 5.02 Å². The molecule has 31 heavy (non-hydrogen) atoms. The van der Waals surface area contributed by atoms with Gasteiger partial charge in [0.1, 0.15) is 22.7 Å². The maximum atomic E-state index is 11.4. The molecule has 0 radical (unpaired) electrons. The highest BCUT2D eigenvalue weighted by Crippen LogP contribution is 2.31. The third kappa shape index (κ3) is 5.12. The number of hydrogen-bond donors (Lipinski definition) is 0. The number of rotatable bonds is 7. The summed E-state index contributed by atoms with van der Waals surface area (Å²) in [4.78, 5) is 25.1. The number of carbonyl (C=O) groups is 1. The molecule has 4 rings (SSSR count). The Bertz CT molecular complexity index is 920. The molecule has 2 aliphatic heterocycles. The van der Waals surface area contributed by atoms with Crippen molar-refractivity contribution in [1.82, 2.24) is 9.97 Å². The molecule has 0 spiro atoms. The van der Waals surface area contributed by atoms with Crippen molar-refractivity contribution < 1.29 is 9.53 Å². The van der Waals surface area contributed by atoms with Crippen molar-refractivity contribution in [3.8, 4) is 5.75 Å². The van der Waals surface area contributed by atoms with Crippen LogP contribution in [0, 0.1) is 0 Å². The molecule has 0 aliphatic carbocycles. The summed E-state index contributed by atoms with van der Waals surface area (Å²) in [5, 5.41) is 0.583. The first-order valence-electron chi connectivity index (χ1n) is 11.2. The predicted molar refractivity (Wildman–Crippen MR) is 124 cm³/mol. The number of ketones is 1. The lowest BCUT2D eigenvalue weighted by Crippen LogP contribution is -2.30. The highest BCUT2D eigenvalue weighted by atomic mass is 35.5. The fraction of sp³-hybridized carbons (Fsp3) is 0.542. The number of carbonyl (C=O) groups excluding carboxylic acids is 1. The molecule has 6 nitrogen and oxygen atoms in total. The van der Waals surface area contributed by atoms with Crippen molar-refractivity contribution in [3.05, 3.63) is 41.0 Å². The molecule has 1 aromatic heterocycles. The molecular formula is C24H31ClN4O2. The maximum Gasteiger partial charge on any atom is 0.227 e. The molecule has 2 aromatic rings. The van der Waals surface area contributed by atoms with Gasteiger partial charge in [0.2, 0.25) is 5.95 Å². The first-order valence-corrected chi connectivity index (χ1v) is 11.6. The number of ether oxygens (including phenoxy) is 1. The summed E-state index contributed by atoms with van der Waals surface area (Å²) in [6.07, 6.45) is 5.63. The molecule has 2 fully saturated rings. The van der Waals surface area contributed by atoms with Crippen LogP contribution in [0.15, 0.2) is 30.5 Å². The van der Waals surface area contributed by atoms with Gasteiger partial charge in [-0.2, -0.15) is 4.98 Å². The van der Waals surface area contributed by atoms with E-state index in [0.717, 1.165) is 49.1 Å². The van der Waals surface area contributed by atoms with E-state index >= 15 is 0 Å². The largest absolute Gasteiger partial charge is 0.489 e. The van der Waals surface area contributed by atoms with Crippen molar-refractivity contribution in [2.24, 2.45) is 0 Å². The Kier molecular flexibility index (Phi) is 6.65. The number of Topliss-reactive ketones (excluding diaryl/α,β-unsaturated/α-hetero) is 1. The predicted octanol–water partition coefficient (Wildman–Crippen LogP) is 4.86. The monoisotopic (exact) mass is 442 g/mol. The topological polar surface area (TPSA) is 58.6 Å². The average Bonchev–Trinajstić information content (AvgIpc) is 3.37. The molecule has 0 bridgehead atoms. The van der Waals surface area contributed by atoms with Crippen LogP contribution in [-0.2, 0) is 4.79 Å². The van der Waals surface area contributed by atoms with Crippen LogP contribution in [0.3, 0.4) is 0 Å². The molecule has 166 valence electrons. The number of hydrogen-bond acceptors (Lipinski definition) is 6. The Hall–Kier alpha value is -2.34. The van der Waals surface area contributed by atoms with Gasteiger partial charge in [0.05, 0.1) is 12.7 Å². The van der Waals surface area contributed by atoms with E-state index in [2.05, 4.69) is 40.8 Å². The first-order chi connectivity index (χ1) is 14.9. The van der Waals surface area contributed by atoms with Gasteiger partial charge in [-0.1, -0.05) is 30.7 Å². The van der Waals surface area contributed by atoms with Gasteiger partial charge in [-0.25, -0.2) is 4.98 Å². The van der Waals surface area contributed by atoms with Gasteiger partial charge in [0.15, 0.2) is 5.82 Å². The summed E-state index contributed by atoms with van der Waals surface area (Å²) in [5.74, 6) is 2.85. The summed E-state index contributed by atoms with van der Waals surface area (Å²) in [6, 6.07) is 8.57. The summed E-state index contributed by atoms with van der Waals surface area (Å²) >= 11 is 6.46.